The van der Waals surface area contributed by atoms with Gasteiger partial charge in [-0.15, -0.1) is 0 Å². The molecule has 5 heteroatoms. The summed E-state index contributed by atoms with van der Waals surface area (Å²) in [5.41, 5.74) is 0.614. The number of alkyl halides is 3. The fourth-order valence-corrected chi connectivity index (χ4v) is 3.59. The molecule has 1 aromatic carbocycles. The summed E-state index contributed by atoms with van der Waals surface area (Å²) in [6.07, 6.45) is 0.267. The van der Waals surface area contributed by atoms with E-state index in [1.54, 1.807) is 6.07 Å². The monoisotopic (exact) mass is 313 g/mol. The van der Waals surface area contributed by atoms with E-state index < -0.39 is 11.7 Å². The molecule has 0 unspecified atom stereocenters. The second kappa shape index (κ2) is 6.20. The number of hydrogen-bond donors (Lipinski definition) is 0. The number of hydrogen-bond acceptors (Lipinski definition) is 2. The Morgan fingerprint density at radius 2 is 1.73 bits per heavy atom. The van der Waals surface area contributed by atoms with Gasteiger partial charge in [-0.3, -0.25) is 4.90 Å². The van der Waals surface area contributed by atoms with Crippen LogP contribution in [0.3, 0.4) is 0 Å². The van der Waals surface area contributed by atoms with Crippen molar-refractivity contribution in [3.8, 4) is 0 Å². The smallest absolute Gasteiger partial charge is 0.381 e. The number of rotatable bonds is 2. The van der Waals surface area contributed by atoms with Crippen LogP contribution in [-0.2, 0) is 17.5 Å². The zero-order valence-electron chi connectivity index (χ0n) is 12.7. The van der Waals surface area contributed by atoms with E-state index in [2.05, 4.69) is 4.90 Å². The highest BCUT2D eigenvalue weighted by atomic mass is 19.4. The number of nitrogens with zero attached hydrogens (tertiary/aromatic N) is 1. The van der Waals surface area contributed by atoms with Gasteiger partial charge in [-0.25, -0.2) is 0 Å². The Morgan fingerprint density at radius 3 is 2.36 bits per heavy atom. The van der Waals surface area contributed by atoms with E-state index in [1.165, 1.54) is 12.1 Å². The Morgan fingerprint density at radius 1 is 1.05 bits per heavy atom. The van der Waals surface area contributed by atoms with Crippen LogP contribution in [0.15, 0.2) is 24.3 Å². The molecule has 0 aliphatic carbocycles. The molecule has 22 heavy (non-hydrogen) atoms. The van der Waals surface area contributed by atoms with E-state index in [9.17, 15) is 13.2 Å². The molecule has 0 saturated carbocycles. The van der Waals surface area contributed by atoms with Gasteiger partial charge in [-0.2, -0.15) is 13.2 Å². The van der Waals surface area contributed by atoms with Crippen molar-refractivity contribution in [1.82, 2.24) is 4.90 Å². The highest BCUT2D eigenvalue weighted by Gasteiger charge is 2.36. The Labute approximate surface area is 129 Å². The molecule has 2 saturated heterocycles. The van der Waals surface area contributed by atoms with Crippen LogP contribution in [0, 0.1) is 5.41 Å². The lowest BCUT2D eigenvalue weighted by molar-refractivity contribution is -0.137. The maximum atomic E-state index is 12.8. The van der Waals surface area contributed by atoms with Crippen LogP contribution in [0.25, 0.3) is 0 Å². The molecule has 2 heterocycles. The summed E-state index contributed by atoms with van der Waals surface area (Å²) in [6.45, 7) is 4.25. The summed E-state index contributed by atoms with van der Waals surface area (Å²) in [7, 11) is 0. The fourth-order valence-electron chi connectivity index (χ4n) is 3.59. The molecule has 3 rings (SSSR count). The molecule has 2 aliphatic heterocycles. The van der Waals surface area contributed by atoms with Crippen LogP contribution in [0.5, 0.6) is 0 Å². The highest BCUT2D eigenvalue weighted by Crippen LogP contribution is 2.40. The van der Waals surface area contributed by atoms with Crippen molar-refractivity contribution in [2.75, 3.05) is 26.3 Å². The molecular formula is C17H22F3NO. The second-order valence-corrected chi connectivity index (χ2v) is 6.59. The van der Waals surface area contributed by atoms with Gasteiger partial charge in [0.2, 0.25) is 0 Å². The van der Waals surface area contributed by atoms with Crippen molar-refractivity contribution in [3.63, 3.8) is 0 Å². The first-order valence-corrected chi connectivity index (χ1v) is 7.93. The fraction of sp³-hybridized carbons (Fsp3) is 0.647. The van der Waals surface area contributed by atoms with Crippen LogP contribution in [0.2, 0.25) is 0 Å². The third-order valence-corrected chi connectivity index (χ3v) is 5.13. The van der Waals surface area contributed by atoms with E-state index in [0.29, 0.717) is 12.0 Å². The van der Waals surface area contributed by atoms with E-state index in [-0.39, 0.29) is 0 Å². The number of piperidine rings is 1. The molecule has 0 atom stereocenters. The van der Waals surface area contributed by atoms with Gasteiger partial charge in [0.15, 0.2) is 0 Å². The first-order chi connectivity index (χ1) is 10.5. The standard InChI is InChI=1S/C17H22F3NO/c18-17(19,20)15-3-1-2-14(12-15)13-21-8-4-16(5-9-21)6-10-22-11-7-16/h1-3,12H,4-11,13H2. The van der Waals surface area contributed by atoms with Gasteiger partial charge in [0.1, 0.15) is 0 Å². The van der Waals surface area contributed by atoms with Crippen molar-refractivity contribution >= 4 is 0 Å². The molecule has 0 amide bonds. The van der Waals surface area contributed by atoms with Gasteiger partial charge in [0, 0.05) is 19.8 Å². The van der Waals surface area contributed by atoms with E-state index in [0.717, 1.165) is 63.6 Å². The summed E-state index contributed by atoms with van der Waals surface area (Å²) in [4.78, 5) is 2.27. The lowest BCUT2D eigenvalue weighted by Gasteiger charge is -2.44. The number of halogens is 3. The third-order valence-electron chi connectivity index (χ3n) is 5.13. The molecule has 2 aliphatic rings. The minimum atomic E-state index is -4.26. The average Bonchev–Trinajstić information content (AvgIpc) is 2.50. The molecule has 0 bridgehead atoms. The molecule has 122 valence electrons. The highest BCUT2D eigenvalue weighted by molar-refractivity contribution is 5.25. The molecule has 2 nitrogen and oxygen atoms in total. The van der Waals surface area contributed by atoms with Gasteiger partial charge in [-0.05, 0) is 55.8 Å². The first kappa shape index (κ1) is 15.8. The second-order valence-electron chi connectivity index (χ2n) is 6.59. The van der Waals surface area contributed by atoms with Crippen molar-refractivity contribution in [1.29, 1.82) is 0 Å². The number of likely N-dealkylation sites (tertiary alicyclic amines) is 1. The molecule has 0 aromatic heterocycles. The summed E-state index contributed by atoms with van der Waals surface area (Å²) in [5, 5.41) is 0. The van der Waals surface area contributed by atoms with Crippen LogP contribution in [-0.4, -0.2) is 31.2 Å². The zero-order chi connectivity index (χ0) is 15.6. The van der Waals surface area contributed by atoms with E-state index in [1.807, 2.05) is 0 Å². The molecule has 1 spiro atoms. The van der Waals surface area contributed by atoms with Crippen molar-refractivity contribution in [3.05, 3.63) is 35.4 Å². The van der Waals surface area contributed by atoms with Gasteiger partial charge in [0.05, 0.1) is 5.56 Å². The summed E-state index contributed by atoms with van der Waals surface area (Å²) in [6, 6.07) is 5.70. The molecule has 0 N–H and O–H groups in total. The van der Waals surface area contributed by atoms with E-state index in [4.69, 9.17) is 4.74 Å². The largest absolute Gasteiger partial charge is 0.416 e. The van der Waals surface area contributed by atoms with Gasteiger partial charge in [0.25, 0.3) is 0 Å². The summed E-state index contributed by atoms with van der Waals surface area (Å²) >= 11 is 0. The van der Waals surface area contributed by atoms with Gasteiger partial charge in [-0.1, -0.05) is 18.2 Å². The predicted octanol–water partition coefficient (Wildman–Crippen LogP) is 4.10. The zero-order valence-corrected chi connectivity index (χ0v) is 12.7. The summed E-state index contributed by atoms with van der Waals surface area (Å²) in [5.74, 6) is 0. The lowest BCUT2D eigenvalue weighted by Crippen LogP contribution is -2.42. The van der Waals surface area contributed by atoms with Crippen LogP contribution < -0.4 is 0 Å². The Bertz CT molecular complexity index is 499. The summed E-state index contributed by atoms with van der Waals surface area (Å²) < 4.78 is 43.7. The minimum absolute atomic E-state index is 0.419. The SMILES string of the molecule is FC(F)(F)c1cccc(CN2CCC3(CCOCC3)CC2)c1. The van der Waals surface area contributed by atoms with E-state index >= 15 is 0 Å². The Hall–Kier alpha value is -1.07. The predicted molar refractivity (Wildman–Crippen MR) is 78.4 cm³/mol. The molecular weight excluding hydrogens is 291 g/mol. The number of ether oxygens (including phenoxy) is 1. The molecule has 1 aromatic rings. The maximum Gasteiger partial charge on any atom is 0.416 e. The topological polar surface area (TPSA) is 12.5 Å². The molecule has 0 radical (unpaired) electrons. The lowest BCUT2D eigenvalue weighted by atomic mass is 9.72. The minimum Gasteiger partial charge on any atom is -0.381 e. The molecule has 2 fully saturated rings. The van der Waals surface area contributed by atoms with Crippen molar-refractivity contribution in [2.24, 2.45) is 5.41 Å². The average molecular weight is 313 g/mol. The first-order valence-electron chi connectivity index (χ1n) is 7.93. The van der Waals surface area contributed by atoms with Crippen molar-refractivity contribution in [2.45, 2.75) is 38.4 Å². The van der Waals surface area contributed by atoms with Crippen LogP contribution in [0.4, 0.5) is 13.2 Å². The van der Waals surface area contributed by atoms with Crippen LogP contribution >= 0.6 is 0 Å². The van der Waals surface area contributed by atoms with Gasteiger partial charge < -0.3 is 4.74 Å². The third kappa shape index (κ3) is 3.63. The Balaban J connectivity index is 1.59. The normalized spacial score (nSPS) is 22.9. The maximum absolute atomic E-state index is 12.8. The Kier molecular flexibility index (Phi) is 4.46. The van der Waals surface area contributed by atoms with Crippen LogP contribution in [0.1, 0.15) is 36.8 Å². The number of benzene rings is 1. The van der Waals surface area contributed by atoms with Crippen molar-refractivity contribution < 1.29 is 17.9 Å². The quantitative estimate of drug-likeness (QED) is 0.815. The van der Waals surface area contributed by atoms with Gasteiger partial charge >= 0.3 is 6.18 Å².